The standard InChI is InChI=1S/C12H9BrClFS/c1-7-5-6-10(16-7)12(13)11-8(14)3-2-4-9(11)15/h2-6,12H,1H3. The Hall–Kier alpha value is -0.380. The zero-order chi connectivity index (χ0) is 11.7. The summed E-state index contributed by atoms with van der Waals surface area (Å²) >= 11 is 11.1. The van der Waals surface area contributed by atoms with Crippen molar-refractivity contribution in [3.8, 4) is 0 Å². The van der Waals surface area contributed by atoms with Gasteiger partial charge in [-0.25, -0.2) is 4.39 Å². The number of rotatable bonds is 2. The Morgan fingerprint density at radius 3 is 2.62 bits per heavy atom. The molecule has 84 valence electrons. The molecule has 0 saturated heterocycles. The molecule has 0 amide bonds. The minimum absolute atomic E-state index is 0.181. The number of hydrogen-bond acceptors (Lipinski definition) is 1. The smallest absolute Gasteiger partial charge is 0.129 e. The van der Waals surface area contributed by atoms with E-state index in [0.717, 1.165) is 4.88 Å². The Morgan fingerprint density at radius 1 is 1.31 bits per heavy atom. The highest BCUT2D eigenvalue weighted by Crippen LogP contribution is 2.39. The Morgan fingerprint density at radius 2 is 2.06 bits per heavy atom. The number of thiophene rings is 1. The van der Waals surface area contributed by atoms with Gasteiger partial charge in [0.2, 0.25) is 0 Å². The topological polar surface area (TPSA) is 0 Å². The van der Waals surface area contributed by atoms with Crippen molar-refractivity contribution in [2.45, 2.75) is 11.8 Å². The second-order valence-electron chi connectivity index (χ2n) is 3.45. The third kappa shape index (κ3) is 2.31. The van der Waals surface area contributed by atoms with Gasteiger partial charge in [-0.15, -0.1) is 11.3 Å². The van der Waals surface area contributed by atoms with Gasteiger partial charge in [0, 0.05) is 20.3 Å². The second-order valence-corrected chi connectivity index (χ2v) is 6.09. The molecule has 0 radical (unpaired) electrons. The van der Waals surface area contributed by atoms with Gasteiger partial charge < -0.3 is 0 Å². The Kier molecular flexibility index (Phi) is 3.67. The van der Waals surface area contributed by atoms with Crippen molar-refractivity contribution >= 4 is 38.9 Å². The van der Waals surface area contributed by atoms with E-state index in [9.17, 15) is 4.39 Å². The molecule has 2 aromatic rings. The molecule has 1 unspecified atom stereocenters. The van der Waals surface area contributed by atoms with Crippen LogP contribution in [-0.4, -0.2) is 0 Å². The maximum atomic E-state index is 13.7. The molecular formula is C12H9BrClFS. The molecule has 0 aliphatic carbocycles. The maximum Gasteiger partial charge on any atom is 0.129 e. The van der Waals surface area contributed by atoms with E-state index in [1.165, 1.54) is 10.9 Å². The first kappa shape index (κ1) is 12.1. The molecule has 0 fully saturated rings. The molecule has 1 heterocycles. The Labute approximate surface area is 111 Å². The lowest BCUT2D eigenvalue weighted by molar-refractivity contribution is 0.614. The highest BCUT2D eigenvalue weighted by atomic mass is 79.9. The molecular weight excluding hydrogens is 311 g/mol. The zero-order valence-corrected chi connectivity index (χ0v) is 11.7. The predicted molar refractivity (Wildman–Crippen MR) is 71.2 cm³/mol. The van der Waals surface area contributed by atoms with Crippen molar-refractivity contribution in [2.75, 3.05) is 0 Å². The molecule has 0 N–H and O–H groups in total. The minimum Gasteiger partial charge on any atom is -0.207 e. The van der Waals surface area contributed by atoms with E-state index in [-0.39, 0.29) is 10.6 Å². The Bertz CT molecular complexity index is 489. The molecule has 0 aliphatic heterocycles. The highest BCUT2D eigenvalue weighted by Gasteiger charge is 2.19. The van der Waals surface area contributed by atoms with Crippen molar-refractivity contribution in [3.05, 3.63) is 56.5 Å². The van der Waals surface area contributed by atoms with Gasteiger partial charge in [0.25, 0.3) is 0 Å². The van der Waals surface area contributed by atoms with E-state index in [1.54, 1.807) is 23.5 Å². The molecule has 4 heteroatoms. The van der Waals surface area contributed by atoms with Gasteiger partial charge >= 0.3 is 0 Å². The van der Waals surface area contributed by atoms with Crippen LogP contribution < -0.4 is 0 Å². The van der Waals surface area contributed by atoms with E-state index in [2.05, 4.69) is 15.9 Å². The SMILES string of the molecule is Cc1ccc(C(Br)c2c(F)cccc2Cl)s1. The summed E-state index contributed by atoms with van der Waals surface area (Å²) in [7, 11) is 0. The third-order valence-electron chi connectivity index (χ3n) is 2.26. The zero-order valence-electron chi connectivity index (χ0n) is 8.51. The van der Waals surface area contributed by atoms with Crippen molar-refractivity contribution in [1.29, 1.82) is 0 Å². The van der Waals surface area contributed by atoms with Crippen LogP contribution in [0.5, 0.6) is 0 Å². The van der Waals surface area contributed by atoms with Gasteiger partial charge in [0.05, 0.1) is 4.83 Å². The summed E-state index contributed by atoms with van der Waals surface area (Å²) in [4.78, 5) is 2.08. The van der Waals surface area contributed by atoms with Gasteiger partial charge in [-0.05, 0) is 31.2 Å². The van der Waals surface area contributed by atoms with Crippen LogP contribution in [0.2, 0.25) is 5.02 Å². The van der Waals surface area contributed by atoms with Crippen molar-refractivity contribution in [1.82, 2.24) is 0 Å². The lowest BCUT2D eigenvalue weighted by atomic mass is 10.1. The summed E-state index contributed by atoms with van der Waals surface area (Å²) in [6.45, 7) is 2.02. The monoisotopic (exact) mass is 318 g/mol. The number of alkyl halides is 1. The minimum atomic E-state index is -0.277. The molecule has 0 saturated carbocycles. The van der Waals surface area contributed by atoms with Gasteiger partial charge in [-0.2, -0.15) is 0 Å². The van der Waals surface area contributed by atoms with Crippen LogP contribution in [0.4, 0.5) is 4.39 Å². The highest BCUT2D eigenvalue weighted by molar-refractivity contribution is 9.09. The lowest BCUT2D eigenvalue weighted by Crippen LogP contribution is -1.95. The fraction of sp³-hybridized carbons (Fsp3) is 0.167. The number of benzene rings is 1. The quantitative estimate of drug-likeness (QED) is 0.656. The average molecular weight is 320 g/mol. The molecule has 1 aromatic carbocycles. The lowest BCUT2D eigenvalue weighted by Gasteiger charge is -2.11. The number of hydrogen-bond donors (Lipinski definition) is 0. The van der Waals surface area contributed by atoms with Crippen LogP contribution in [0, 0.1) is 12.7 Å². The third-order valence-corrected chi connectivity index (χ3v) is 4.91. The molecule has 1 aromatic heterocycles. The van der Waals surface area contributed by atoms with Crippen molar-refractivity contribution in [2.24, 2.45) is 0 Å². The summed E-state index contributed by atoms with van der Waals surface area (Å²) in [5.41, 5.74) is 0.506. The van der Waals surface area contributed by atoms with Gasteiger partial charge in [0.1, 0.15) is 5.82 Å². The molecule has 1 atom stereocenters. The van der Waals surface area contributed by atoms with Gasteiger partial charge in [0.15, 0.2) is 0 Å². The largest absolute Gasteiger partial charge is 0.207 e. The fourth-order valence-corrected chi connectivity index (χ4v) is 3.65. The van der Waals surface area contributed by atoms with Crippen LogP contribution in [0.3, 0.4) is 0 Å². The summed E-state index contributed by atoms with van der Waals surface area (Å²) in [6.07, 6.45) is 0. The van der Waals surface area contributed by atoms with Gasteiger partial charge in [-0.1, -0.05) is 33.6 Å². The molecule has 0 aliphatic rings. The summed E-state index contributed by atoms with van der Waals surface area (Å²) in [6, 6.07) is 8.75. The van der Waals surface area contributed by atoms with Crippen LogP contribution in [0.25, 0.3) is 0 Å². The molecule has 0 bridgehead atoms. The Balaban J connectivity index is 2.45. The van der Waals surface area contributed by atoms with Crippen LogP contribution in [0.15, 0.2) is 30.3 Å². The van der Waals surface area contributed by atoms with E-state index < -0.39 is 0 Å². The maximum absolute atomic E-state index is 13.7. The fourth-order valence-electron chi connectivity index (χ4n) is 1.48. The van der Waals surface area contributed by atoms with Crippen LogP contribution in [0.1, 0.15) is 20.1 Å². The molecule has 2 rings (SSSR count). The first-order valence-corrected chi connectivity index (χ1v) is 6.85. The summed E-state index contributed by atoms with van der Waals surface area (Å²) < 4.78 is 13.7. The summed E-state index contributed by atoms with van der Waals surface area (Å²) in [5.74, 6) is -0.277. The molecule has 16 heavy (non-hydrogen) atoms. The number of halogens is 3. The second kappa shape index (κ2) is 4.86. The van der Waals surface area contributed by atoms with Crippen LogP contribution >= 0.6 is 38.9 Å². The van der Waals surface area contributed by atoms with Crippen LogP contribution in [-0.2, 0) is 0 Å². The molecule has 0 spiro atoms. The number of aryl methyl sites for hydroxylation is 1. The predicted octanol–water partition coefficient (Wildman–Crippen LogP) is 5.33. The molecule has 0 nitrogen and oxygen atoms in total. The first-order chi connectivity index (χ1) is 7.59. The van der Waals surface area contributed by atoms with E-state index in [4.69, 9.17) is 11.6 Å². The van der Waals surface area contributed by atoms with E-state index >= 15 is 0 Å². The first-order valence-electron chi connectivity index (χ1n) is 4.74. The normalized spacial score (nSPS) is 12.8. The van der Waals surface area contributed by atoms with Crippen molar-refractivity contribution in [3.63, 3.8) is 0 Å². The van der Waals surface area contributed by atoms with E-state index in [0.29, 0.717) is 10.6 Å². The average Bonchev–Trinajstić information content (AvgIpc) is 2.64. The van der Waals surface area contributed by atoms with Gasteiger partial charge in [-0.3, -0.25) is 0 Å². The van der Waals surface area contributed by atoms with E-state index in [1.807, 2.05) is 19.1 Å². The van der Waals surface area contributed by atoms with Crippen molar-refractivity contribution < 1.29 is 4.39 Å². The summed E-state index contributed by atoms with van der Waals surface area (Å²) in [5, 5.41) is 0.452.